The third-order valence-electron chi connectivity index (χ3n) is 6.32. The summed E-state index contributed by atoms with van der Waals surface area (Å²) in [5.41, 5.74) is 0. The van der Waals surface area contributed by atoms with Gasteiger partial charge in [-0.2, -0.15) is 4.31 Å². The fourth-order valence-corrected chi connectivity index (χ4v) is 7.21. The highest BCUT2D eigenvalue weighted by Gasteiger charge is 2.36. The van der Waals surface area contributed by atoms with Gasteiger partial charge in [0.1, 0.15) is 4.21 Å². The zero-order valence-electron chi connectivity index (χ0n) is 17.2. The average molecular weight is 455 g/mol. The number of amides is 2. The number of rotatable bonds is 5. The van der Waals surface area contributed by atoms with Crippen molar-refractivity contribution in [1.29, 1.82) is 0 Å². The van der Waals surface area contributed by atoms with Crippen LogP contribution >= 0.6 is 11.3 Å². The zero-order chi connectivity index (χ0) is 21.1. The van der Waals surface area contributed by atoms with E-state index in [0.29, 0.717) is 49.9 Å². The molecule has 1 atom stereocenters. The van der Waals surface area contributed by atoms with E-state index >= 15 is 0 Å². The highest BCUT2D eigenvalue weighted by atomic mass is 32.2. The van der Waals surface area contributed by atoms with Crippen LogP contribution in [0, 0.1) is 5.92 Å². The van der Waals surface area contributed by atoms with Crippen molar-refractivity contribution in [3.05, 3.63) is 17.5 Å². The molecule has 0 spiro atoms. The van der Waals surface area contributed by atoms with Gasteiger partial charge < -0.3 is 9.80 Å². The molecular formula is C20H30N4O4S2. The van der Waals surface area contributed by atoms with Gasteiger partial charge in [-0.15, -0.1) is 11.3 Å². The SMILES string of the molecule is O=C(CN1CCN(C(=O)C2CCCN(S(=O)(=O)c3cccs3)C2)CC1)N1CCCC1. The van der Waals surface area contributed by atoms with E-state index in [2.05, 4.69) is 4.90 Å². The molecule has 0 saturated carbocycles. The molecule has 10 heteroatoms. The standard InChI is InChI=1S/C20H30N4O4S2/c25-18(22-7-1-2-8-22)16-21-10-12-23(13-11-21)20(26)17-5-3-9-24(15-17)30(27,28)19-6-4-14-29-19/h4,6,14,17H,1-3,5,7-13,15-16H2. The first-order valence-corrected chi connectivity index (χ1v) is 13.1. The first-order chi connectivity index (χ1) is 14.4. The third-order valence-corrected chi connectivity index (χ3v) is 9.56. The predicted molar refractivity (Wildman–Crippen MR) is 115 cm³/mol. The summed E-state index contributed by atoms with van der Waals surface area (Å²) >= 11 is 1.21. The summed E-state index contributed by atoms with van der Waals surface area (Å²) in [6.45, 7) is 5.46. The molecule has 0 N–H and O–H groups in total. The number of sulfonamides is 1. The minimum atomic E-state index is -3.52. The molecule has 3 fully saturated rings. The van der Waals surface area contributed by atoms with Crippen LogP contribution < -0.4 is 0 Å². The van der Waals surface area contributed by atoms with Crippen LogP contribution in [0.5, 0.6) is 0 Å². The smallest absolute Gasteiger partial charge is 0.252 e. The van der Waals surface area contributed by atoms with E-state index in [1.807, 2.05) is 9.80 Å². The van der Waals surface area contributed by atoms with E-state index in [-0.39, 0.29) is 24.3 Å². The average Bonchev–Trinajstić information content (AvgIpc) is 3.48. The zero-order valence-corrected chi connectivity index (χ0v) is 18.9. The number of hydrogen-bond donors (Lipinski definition) is 0. The lowest BCUT2D eigenvalue weighted by Gasteiger charge is -2.38. The Morgan fingerprint density at radius 1 is 0.967 bits per heavy atom. The second-order valence-electron chi connectivity index (χ2n) is 8.32. The molecule has 0 radical (unpaired) electrons. The molecule has 2 amide bonds. The summed E-state index contributed by atoms with van der Waals surface area (Å²) < 4.78 is 27.4. The monoisotopic (exact) mass is 454 g/mol. The molecule has 3 aliphatic rings. The number of carbonyl (C=O) groups excluding carboxylic acids is 2. The van der Waals surface area contributed by atoms with Crippen molar-refractivity contribution in [2.24, 2.45) is 5.92 Å². The van der Waals surface area contributed by atoms with E-state index in [9.17, 15) is 18.0 Å². The maximum absolute atomic E-state index is 13.1. The molecule has 3 aliphatic heterocycles. The van der Waals surface area contributed by atoms with Crippen LogP contribution in [0.3, 0.4) is 0 Å². The van der Waals surface area contributed by atoms with Gasteiger partial charge in [0.25, 0.3) is 10.0 Å². The van der Waals surface area contributed by atoms with Crippen LogP contribution in [0.2, 0.25) is 0 Å². The van der Waals surface area contributed by atoms with Crippen LogP contribution in [0.15, 0.2) is 21.7 Å². The van der Waals surface area contributed by atoms with E-state index in [1.165, 1.54) is 15.6 Å². The number of piperazine rings is 1. The van der Waals surface area contributed by atoms with Crippen LogP contribution in [0.1, 0.15) is 25.7 Å². The molecule has 1 unspecified atom stereocenters. The first kappa shape index (κ1) is 21.7. The molecule has 8 nitrogen and oxygen atoms in total. The highest BCUT2D eigenvalue weighted by Crippen LogP contribution is 2.27. The van der Waals surface area contributed by atoms with Gasteiger partial charge in [0.2, 0.25) is 11.8 Å². The van der Waals surface area contributed by atoms with Crippen LogP contribution in [-0.2, 0) is 19.6 Å². The van der Waals surface area contributed by atoms with E-state index in [4.69, 9.17) is 0 Å². The van der Waals surface area contributed by atoms with Gasteiger partial charge in [-0.1, -0.05) is 6.07 Å². The Kier molecular flexibility index (Phi) is 6.76. The number of piperidine rings is 1. The van der Waals surface area contributed by atoms with E-state index in [1.54, 1.807) is 17.5 Å². The van der Waals surface area contributed by atoms with Crippen molar-refractivity contribution < 1.29 is 18.0 Å². The van der Waals surface area contributed by atoms with Crippen molar-refractivity contribution in [2.75, 3.05) is 58.9 Å². The van der Waals surface area contributed by atoms with Crippen LogP contribution in [-0.4, -0.2) is 98.1 Å². The van der Waals surface area contributed by atoms with Crippen LogP contribution in [0.25, 0.3) is 0 Å². The Morgan fingerprint density at radius 3 is 2.37 bits per heavy atom. The number of likely N-dealkylation sites (tertiary alicyclic amines) is 1. The maximum Gasteiger partial charge on any atom is 0.252 e. The van der Waals surface area contributed by atoms with Crippen molar-refractivity contribution in [3.8, 4) is 0 Å². The van der Waals surface area contributed by atoms with Gasteiger partial charge >= 0.3 is 0 Å². The second kappa shape index (κ2) is 9.33. The molecule has 0 aromatic carbocycles. The second-order valence-corrected chi connectivity index (χ2v) is 11.4. The van der Waals surface area contributed by atoms with Gasteiger partial charge in [0.15, 0.2) is 0 Å². The number of nitrogens with zero attached hydrogens (tertiary/aromatic N) is 4. The minimum absolute atomic E-state index is 0.0478. The number of carbonyl (C=O) groups is 2. The fraction of sp³-hybridized carbons (Fsp3) is 0.700. The topological polar surface area (TPSA) is 81.2 Å². The third kappa shape index (κ3) is 4.71. The Hall–Kier alpha value is -1.49. The summed E-state index contributed by atoms with van der Waals surface area (Å²) in [4.78, 5) is 31.3. The number of thiophene rings is 1. The van der Waals surface area contributed by atoms with Crippen molar-refractivity contribution in [3.63, 3.8) is 0 Å². The first-order valence-electron chi connectivity index (χ1n) is 10.8. The Labute approximate surface area is 182 Å². The van der Waals surface area contributed by atoms with Crippen molar-refractivity contribution >= 4 is 33.2 Å². The number of hydrogen-bond acceptors (Lipinski definition) is 6. The highest BCUT2D eigenvalue weighted by molar-refractivity contribution is 7.91. The molecule has 1 aromatic rings. The van der Waals surface area contributed by atoms with Gasteiger partial charge in [0, 0.05) is 52.4 Å². The Balaban J connectivity index is 1.29. The fourth-order valence-electron chi connectivity index (χ4n) is 4.54. The maximum atomic E-state index is 13.1. The summed E-state index contributed by atoms with van der Waals surface area (Å²) in [7, 11) is -3.52. The summed E-state index contributed by atoms with van der Waals surface area (Å²) in [5, 5.41) is 1.76. The molecule has 1 aromatic heterocycles. The lowest BCUT2D eigenvalue weighted by molar-refractivity contribution is -0.139. The molecule has 4 heterocycles. The van der Waals surface area contributed by atoms with Crippen molar-refractivity contribution in [2.45, 2.75) is 29.9 Å². The largest absolute Gasteiger partial charge is 0.342 e. The normalized spacial score (nSPS) is 24.3. The van der Waals surface area contributed by atoms with Gasteiger partial charge in [-0.05, 0) is 37.1 Å². The molecular weight excluding hydrogens is 424 g/mol. The summed E-state index contributed by atoms with van der Waals surface area (Å²) in [5.74, 6) is -0.0492. The summed E-state index contributed by atoms with van der Waals surface area (Å²) in [6, 6.07) is 3.35. The molecule has 0 aliphatic carbocycles. The molecule has 4 rings (SSSR count). The van der Waals surface area contributed by atoms with Gasteiger partial charge in [0.05, 0.1) is 12.5 Å². The van der Waals surface area contributed by atoms with E-state index < -0.39 is 10.0 Å². The van der Waals surface area contributed by atoms with Gasteiger partial charge in [-0.3, -0.25) is 14.5 Å². The molecule has 3 saturated heterocycles. The lowest BCUT2D eigenvalue weighted by Crippen LogP contribution is -2.54. The molecule has 0 bridgehead atoms. The Bertz CT molecular complexity index is 844. The Morgan fingerprint density at radius 2 is 1.70 bits per heavy atom. The van der Waals surface area contributed by atoms with Gasteiger partial charge in [-0.25, -0.2) is 8.42 Å². The lowest BCUT2D eigenvalue weighted by atomic mass is 9.98. The predicted octanol–water partition coefficient (Wildman–Crippen LogP) is 0.915. The quantitative estimate of drug-likeness (QED) is 0.661. The van der Waals surface area contributed by atoms with E-state index in [0.717, 1.165) is 32.4 Å². The van der Waals surface area contributed by atoms with Crippen molar-refractivity contribution in [1.82, 2.24) is 19.0 Å². The summed E-state index contributed by atoms with van der Waals surface area (Å²) in [6.07, 6.45) is 3.61. The minimum Gasteiger partial charge on any atom is -0.342 e. The van der Waals surface area contributed by atoms with Crippen LogP contribution in [0.4, 0.5) is 0 Å². The molecule has 30 heavy (non-hydrogen) atoms. The molecule has 166 valence electrons.